The minimum atomic E-state index is 0.547. The molecule has 78 valence electrons. The Morgan fingerprint density at radius 2 is 2.29 bits per heavy atom. The molecule has 0 spiro atoms. The predicted octanol–water partition coefficient (Wildman–Crippen LogP) is 2.06. The average molecular weight is 214 g/mol. The molecule has 0 aliphatic rings. The van der Waals surface area contributed by atoms with Gasteiger partial charge in [-0.3, -0.25) is 0 Å². The fourth-order valence-corrected chi connectivity index (χ4v) is 1.31. The van der Waals surface area contributed by atoms with Gasteiger partial charge in [-0.25, -0.2) is 4.98 Å². The van der Waals surface area contributed by atoms with Crippen LogP contribution >= 0.6 is 11.6 Å². The van der Waals surface area contributed by atoms with Crippen molar-refractivity contribution in [1.29, 1.82) is 0 Å². The highest BCUT2D eigenvalue weighted by Gasteiger charge is 2.01. The molecule has 1 heterocycles. The SMILES string of the molecule is CC(C)CNCc1cc(Cl)cnc1N. The molecule has 3 N–H and O–H groups in total. The number of nitrogens with two attached hydrogens (primary N) is 1. The van der Waals surface area contributed by atoms with E-state index < -0.39 is 0 Å². The van der Waals surface area contributed by atoms with Gasteiger partial charge in [0.25, 0.3) is 0 Å². The fourth-order valence-electron chi connectivity index (χ4n) is 1.13. The third-order valence-corrected chi connectivity index (χ3v) is 2.04. The van der Waals surface area contributed by atoms with Gasteiger partial charge in [0.05, 0.1) is 5.02 Å². The molecule has 1 aromatic rings. The van der Waals surface area contributed by atoms with Crippen molar-refractivity contribution in [2.75, 3.05) is 12.3 Å². The highest BCUT2D eigenvalue weighted by atomic mass is 35.5. The van der Waals surface area contributed by atoms with Gasteiger partial charge in [-0.1, -0.05) is 25.4 Å². The molecule has 0 saturated carbocycles. The molecule has 1 aromatic heterocycles. The number of nitrogen functional groups attached to an aromatic ring is 1. The molecular formula is C10H16ClN3. The first kappa shape index (κ1) is 11.3. The molecule has 14 heavy (non-hydrogen) atoms. The Balaban J connectivity index is 2.53. The van der Waals surface area contributed by atoms with E-state index in [-0.39, 0.29) is 0 Å². The zero-order valence-electron chi connectivity index (χ0n) is 8.55. The second-order valence-corrected chi connectivity index (χ2v) is 4.16. The van der Waals surface area contributed by atoms with Crippen LogP contribution in [0.2, 0.25) is 5.02 Å². The van der Waals surface area contributed by atoms with E-state index >= 15 is 0 Å². The zero-order valence-corrected chi connectivity index (χ0v) is 9.30. The lowest BCUT2D eigenvalue weighted by molar-refractivity contribution is 0.552. The summed E-state index contributed by atoms with van der Waals surface area (Å²) in [5, 5.41) is 3.92. The number of aromatic nitrogens is 1. The molecular weight excluding hydrogens is 198 g/mol. The second kappa shape index (κ2) is 5.17. The maximum atomic E-state index is 5.81. The van der Waals surface area contributed by atoms with Gasteiger partial charge in [0, 0.05) is 18.3 Å². The Morgan fingerprint density at radius 3 is 2.93 bits per heavy atom. The van der Waals surface area contributed by atoms with Crippen molar-refractivity contribution in [2.24, 2.45) is 5.92 Å². The summed E-state index contributed by atoms with van der Waals surface area (Å²) < 4.78 is 0. The van der Waals surface area contributed by atoms with Crippen molar-refractivity contribution in [3.63, 3.8) is 0 Å². The maximum Gasteiger partial charge on any atom is 0.127 e. The summed E-state index contributed by atoms with van der Waals surface area (Å²) in [6, 6.07) is 1.84. The van der Waals surface area contributed by atoms with Crippen LogP contribution in [0.1, 0.15) is 19.4 Å². The van der Waals surface area contributed by atoms with Gasteiger partial charge in [-0.2, -0.15) is 0 Å². The van der Waals surface area contributed by atoms with E-state index in [1.54, 1.807) is 6.20 Å². The molecule has 0 unspecified atom stereocenters. The van der Waals surface area contributed by atoms with Crippen molar-refractivity contribution >= 4 is 17.4 Å². The minimum Gasteiger partial charge on any atom is -0.383 e. The summed E-state index contributed by atoms with van der Waals surface area (Å²) in [6.07, 6.45) is 1.56. The molecule has 1 rings (SSSR count). The van der Waals surface area contributed by atoms with Gasteiger partial charge in [-0.05, 0) is 18.5 Å². The topological polar surface area (TPSA) is 50.9 Å². The smallest absolute Gasteiger partial charge is 0.127 e. The maximum absolute atomic E-state index is 5.81. The minimum absolute atomic E-state index is 0.547. The molecule has 0 aliphatic heterocycles. The van der Waals surface area contributed by atoms with Gasteiger partial charge in [0.15, 0.2) is 0 Å². The highest BCUT2D eigenvalue weighted by Crippen LogP contribution is 2.14. The Kier molecular flexibility index (Phi) is 4.17. The summed E-state index contributed by atoms with van der Waals surface area (Å²) in [6.45, 7) is 6.00. The zero-order chi connectivity index (χ0) is 10.6. The number of nitrogens with zero attached hydrogens (tertiary/aromatic N) is 1. The molecule has 0 amide bonds. The van der Waals surface area contributed by atoms with E-state index in [4.69, 9.17) is 17.3 Å². The third-order valence-electron chi connectivity index (χ3n) is 1.84. The Bertz CT molecular complexity index is 299. The van der Waals surface area contributed by atoms with E-state index in [2.05, 4.69) is 24.1 Å². The van der Waals surface area contributed by atoms with Gasteiger partial charge in [0.2, 0.25) is 0 Å². The van der Waals surface area contributed by atoms with Crippen molar-refractivity contribution < 1.29 is 0 Å². The van der Waals surface area contributed by atoms with Crippen LogP contribution in [0.25, 0.3) is 0 Å². The van der Waals surface area contributed by atoms with Gasteiger partial charge < -0.3 is 11.1 Å². The molecule has 0 fully saturated rings. The number of rotatable bonds is 4. The van der Waals surface area contributed by atoms with Crippen LogP contribution in [-0.2, 0) is 6.54 Å². The van der Waals surface area contributed by atoms with Crippen LogP contribution in [0.5, 0.6) is 0 Å². The van der Waals surface area contributed by atoms with Crippen LogP contribution in [-0.4, -0.2) is 11.5 Å². The number of hydrogen-bond acceptors (Lipinski definition) is 3. The monoisotopic (exact) mass is 213 g/mol. The van der Waals surface area contributed by atoms with Crippen LogP contribution < -0.4 is 11.1 Å². The Labute approximate surface area is 89.7 Å². The van der Waals surface area contributed by atoms with E-state index in [9.17, 15) is 0 Å². The predicted molar refractivity (Wildman–Crippen MR) is 60.2 cm³/mol. The standard InChI is InChI=1S/C10H16ClN3/c1-7(2)4-13-5-8-3-9(11)6-14-10(8)12/h3,6-7,13H,4-5H2,1-2H3,(H2,12,14). The van der Waals surface area contributed by atoms with Crippen molar-refractivity contribution in [2.45, 2.75) is 20.4 Å². The van der Waals surface area contributed by atoms with Crippen molar-refractivity contribution in [3.8, 4) is 0 Å². The molecule has 4 heteroatoms. The summed E-state index contributed by atoms with van der Waals surface area (Å²) in [5.74, 6) is 1.18. The molecule has 0 radical (unpaired) electrons. The molecule has 0 saturated heterocycles. The normalized spacial score (nSPS) is 10.9. The van der Waals surface area contributed by atoms with E-state index in [1.807, 2.05) is 6.07 Å². The average Bonchev–Trinajstić information content (AvgIpc) is 2.10. The Morgan fingerprint density at radius 1 is 1.57 bits per heavy atom. The molecule has 0 aliphatic carbocycles. The first-order chi connectivity index (χ1) is 6.59. The lowest BCUT2D eigenvalue weighted by atomic mass is 10.2. The highest BCUT2D eigenvalue weighted by molar-refractivity contribution is 6.30. The lowest BCUT2D eigenvalue weighted by Crippen LogP contribution is -2.19. The Hall–Kier alpha value is -0.800. The first-order valence-corrected chi connectivity index (χ1v) is 5.08. The molecule has 0 bridgehead atoms. The summed E-state index contributed by atoms with van der Waals surface area (Å²) in [5.41, 5.74) is 6.65. The number of anilines is 1. The fraction of sp³-hybridized carbons (Fsp3) is 0.500. The summed E-state index contributed by atoms with van der Waals surface area (Å²) in [7, 11) is 0. The number of hydrogen-bond donors (Lipinski definition) is 2. The van der Waals surface area contributed by atoms with E-state index in [0.29, 0.717) is 16.8 Å². The van der Waals surface area contributed by atoms with E-state index in [0.717, 1.165) is 18.7 Å². The summed E-state index contributed by atoms with van der Waals surface area (Å²) >= 11 is 5.81. The van der Waals surface area contributed by atoms with Crippen LogP contribution in [0.15, 0.2) is 12.3 Å². The van der Waals surface area contributed by atoms with E-state index in [1.165, 1.54) is 0 Å². The van der Waals surface area contributed by atoms with Gasteiger partial charge in [0.1, 0.15) is 5.82 Å². The first-order valence-electron chi connectivity index (χ1n) is 4.70. The number of nitrogens with one attached hydrogen (secondary N) is 1. The van der Waals surface area contributed by atoms with Crippen molar-refractivity contribution in [1.82, 2.24) is 10.3 Å². The van der Waals surface area contributed by atoms with Crippen molar-refractivity contribution in [3.05, 3.63) is 22.8 Å². The third kappa shape index (κ3) is 3.52. The second-order valence-electron chi connectivity index (χ2n) is 3.72. The van der Waals surface area contributed by atoms with Crippen LogP contribution in [0.4, 0.5) is 5.82 Å². The quantitative estimate of drug-likeness (QED) is 0.805. The van der Waals surface area contributed by atoms with Gasteiger partial charge in [-0.15, -0.1) is 0 Å². The summed E-state index contributed by atoms with van der Waals surface area (Å²) in [4.78, 5) is 3.98. The molecule has 0 atom stereocenters. The molecule has 0 aromatic carbocycles. The lowest BCUT2D eigenvalue weighted by Gasteiger charge is -2.08. The number of pyridine rings is 1. The molecule has 3 nitrogen and oxygen atoms in total. The number of halogens is 1. The van der Waals surface area contributed by atoms with Crippen LogP contribution in [0, 0.1) is 5.92 Å². The van der Waals surface area contributed by atoms with Crippen LogP contribution in [0.3, 0.4) is 0 Å². The largest absolute Gasteiger partial charge is 0.383 e. The van der Waals surface area contributed by atoms with Gasteiger partial charge >= 0.3 is 0 Å².